The summed E-state index contributed by atoms with van der Waals surface area (Å²) in [6, 6.07) is 12.1. The van der Waals surface area contributed by atoms with E-state index in [1.165, 1.54) is 0 Å². The van der Waals surface area contributed by atoms with E-state index in [4.69, 9.17) is 4.98 Å². The number of likely N-dealkylation sites (tertiary alicyclic amines) is 1. The number of likely N-dealkylation sites (N-methyl/N-ethyl adjacent to an activating group) is 1. The number of carbonyl (C=O) groups is 1. The molecule has 1 N–H and O–H groups in total. The second-order valence-corrected chi connectivity index (χ2v) is 6.66. The molecule has 5 nitrogen and oxygen atoms in total. The van der Waals surface area contributed by atoms with E-state index in [0.717, 1.165) is 27.4 Å². The predicted molar refractivity (Wildman–Crippen MR) is 92.5 cm³/mol. The Kier molecular flexibility index (Phi) is 3.46. The molecule has 1 aromatic carbocycles. The van der Waals surface area contributed by atoms with Crippen LogP contribution in [-0.4, -0.2) is 40.4 Å². The third kappa shape index (κ3) is 2.66. The highest BCUT2D eigenvalue weighted by atomic mass is 32.1. The highest BCUT2D eigenvalue weighted by molar-refractivity contribution is 7.13. The number of carbonyl (C=O) groups excluding carboxylic acids is 1. The van der Waals surface area contributed by atoms with Gasteiger partial charge in [0.05, 0.1) is 16.4 Å². The second kappa shape index (κ2) is 5.62. The Morgan fingerprint density at radius 2 is 2.09 bits per heavy atom. The van der Waals surface area contributed by atoms with Gasteiger partial charge < -0.3 is 10.2 Å². The van der Waals surface area contributed by atoms with E-state index in [1.807, 2.05) is 48.8 Å². The number of benzene rings is 1. The average Bonchev–Trinajstić information content (AvgIpc) is 3.18. The minimum atomic E-state index is 0.0852. The molecular formula is C17H16N4OS. The first-order valence-corrected chi connectivity index (χ1v) is 8.40. The lowest BCUT2D eigenvalue weighted by Gasteiger charge is -2.15. The first-order chi connectivity index (χ1) is 11.2. The lowest BCUT2D eigenvalue weighted by molar-refractivity contribution is -0.126. The predicted octanol–water partition coefficient (Wildman–Crippen LogP) is 3.00. The number of nitrogens with one attached hydrogen (secondary N) is 1. The number of amides is 1. The number of para-hydroxylation sites is 1. The molecule has 23 heavy (non-hydrogen) atoms. The number of fused-ring (bicyclic) bond motifs is 1. The van der Waals surface area contributed by atoms with Crippen molar-refractivity contribution in [2.45, 2.75) is 12.5 Å². The van der Waals surface area contributed by atoms with Crippen LogP contribution in [0.4, 0.5) is 5.82 Å². The highest BCUT2D eigenvalue weighted by Gasteiger charge is 2.27. The van der Waals surface area contributed by atoms with Crippen molar-refractivity contribution in [3.63, 3.8) is 0 Å². The van der Waals surface area contributed by atoms with Crippen molar-refractivity contribution in [3.05, 3.63) is 41.8 Å². The van der Waals surface area contributed by atoms with Crippen LogP contribution < -0.4 is 5.32 Å². The molecule has 1 saturated heterocycles. The molecule has 1 atom stereocenters. The lowest BCUT2D eigenvalue weighted by Crippen LogP contribution is -2.24. The van der Waals surface area contributed by atoms with Gasteiger partial charge in [0.1, 0.15) is 5.82 Å². The lowest BCUT2D eigenvalue weighted by atomic mass is 10.2. The molecule has 3 aromatic rings. The maximum Gasteiger partial charge on any atom is 0.224 e. The molecule has 0 bridgehead atoms. The molecule has 1 aliphatic rings. The Morgan fingerprint density at radius 1 is 1.22 bits per heavy atom. The van der Waals surface area contributed by atoms with Crippen molar-refractivity contribution < 1.29 is 4.79 Å². The van der Waals surface area contributed by atoms with Crippen LogP contribution in [0.15, 0.2) is 41.8 Å². The molecule has 6 heteroatoms. The van der Waals surface area contributed by atoms with E-state index < -0.39 is 0 Å². The van der Waals surface area contributed by atoms with Crippen LogP contribution in [0.2, 0.25) is 0 Å². The zero-order valence-electron chi connectivity index (χ0n) is 12.7. The largest absolute Gasteiger partial charge is 0.364 e. The van der Waals surface area contributed by atoms with E-state index in [1.54, 1.807) is 16.2 Å². The van der Waals surface area contributed by atoms with E-state index in [9.17, 15) is 4.79 Å². The van der Waals surface area contributed by atoms with Crippen molar-refractivity contribution in [2.24, 2.45) is 0 Å². The summed E-state index contributed by atoms with van der Waals surface area (Å²) in [4.78, 5) is 23.9. The van der Waals surface area contributed by atoms with Crippen LogP contribution in [0.3, 0.4) is 0 Å². The summed E-state index contributed by atoms with van der Waals surface area (Å²) < 4.78 is 0. The van der Waals surface area contributed by atoms with E-state index in [-0.39, 0.29) is 11.9 Å². The van der Waals surface area contributed by atoms with Crippen molar-refractivity contribution in [2.75, 3.05) is 18.9 Å². The Hall–Kier alpha value is -2.47. The smallest absolute Gasteiger partial charge is 0.224 e. The molecule has 0 saturated carbocycles. The molecule has 0 radical (unpaired) electrons. The van der Waals surface area contributed by atoms with Crippen LogP contribution >= 0.6 is 11.3 Å². The molecule has 3 heterocycles. The first kappa shape index (κ1) is 14.1. The van der Waals surface area contributed by atoms with E-state index in [0.29, 0.717) is 13.0 Å². The summed E-state index contributed by atoms with van der Waals surface area (Å²) >= 11 is 1.62. The van der Waals surface area contributed by atoms with Crippen LogP contribution in [0.5, 0.6) is 0 Å². The average molecular weight is 324 g/mol. The van der Waals surface area contributed by atoms with Gasteiger partial charge in [0.15, 0.2) is 5.82 Å². The number of hydrogen-bond donors (Lipinski definition) is 1. The SMILES string of the molecule is CN1C[C@@H](Nc2nc(-c3cccs3)nc3ccccc23)CC1=O. The number of nitrogens with zero attached hydrogens (tertiary/aromatic N) is 3. The fourth-order valence-electron chi connectivity index (χ4n) is 2.86. The van der Waals surface area contributed by atoms with Gasteiger partial charge in [0, 0.05) is 25.4 Å². The van der Waals surface area contributed by atoms with Gasteiger partial charge in [-0.2, -0.15) is 0 Å². The number of hydrogen-bond acceptors (Lipinski definition) is 5. The zero-order valence-corrected chi connectivity index (χ0v) is 13.5. The molecule has 0 unspecified atom stereocenters. The van der Waals surface area contributed by atoms with Crippen molar-refractivity contribution in [1.82, 2.24) is 14.9 Å². The van der Waals surface area contributed by atoms with Crippen molar-refractivity contribution in [3.8, 4) is 10.7 Å². The molecule has 0 spiro atoms. The summed E-state index contributed by atoms with van der Waals surface area (Å²) in [5, 5.41) is 6.44. The Bertz CT molecular complexity index is 862. The molecule has 1 amide bonds. The molecule has 116 valence electrons. The molecule has 2 aromatic heterocycles. The monoisotopic (exact) mass is 324 g/mol. The Balaban J connectivity index is 1.76. The van der Waals surface area contributed by atoms with Crippen molar-refractivity contribution >= 4 is 34.0 Å². The summed E-state index contributed by atoms with van der Waals surface area (Å²) in [5.41, 5.74) is 0.908. The molecule has 1 aliphatic heterocycles. The number of thiophene rings is 1. The highest BCUT2D eigenvalue weighted by Crippen LogP contribution is 2.28. The summed E-state index contributed by atoms with van der Waals surface area (Å²) in [5.74, 6) is 1.69. The number of rotatable bonds is 3. The standard InChI is InChI=1S/C17H16N4OS/c1-21-10-11(9-15(21)22)18-16-12-5-2-3-6-13(12)19-17(20-16)14-7-4-8-23-14/h2-8,11H,9-10H2,1H3,(H,18,19,20)/t11-/m0/s1. The number of aromatic nitrogens is 2. The van der Waals surface area contributed by atoms with Gasteiger partial charge in [-0.15, -0.1) is 11.3 Å². The van der Waals surface area contributed by atoms with E-state index in [2.05, 4.69) is 10.3 Å². The maximum absolute atomic E-state index is 11.7. The van der Waals surface area contributed by atoms with Crippen LogP contribution in [0, 0.1) is 0 Å². The first-order valence-electron chi connectivity index (χ1n) is 7.52. The summed E-state index contributed by atoms with van der Waals surface area (Å²) in [7, 11) is 1.83. The normalized spacial score (nSPS) is 17.9. The fraction of sp³-hybridized carbons (Fsp3) is 0.235. The van der Waals surface area contributed by atoms with Gasteiger partial charge in [-0.1, -0.05) is 18.2 Å². The fourth-order valence-corrected chi connectivity index (χ4v) is 3.51. The molecule has 4 rings (SSSR count). The zero-order chi connectivity index (χ0) is 15.8. The van der Waals surface area contributed by atoms with Gasteiger partial charge >= 0.3 is 0 Å². The van der Waals surface area contributed by atoms with Crippen LogP contribution in [-0.2, 0) is 4.79 Å². The number of anilines is 1. The Labute approximate surface area is 138 Å². The third-order valence-electron chi connectivity index (χ3n) is 4.03. The minimum absolute atomic E-state index is 0.0852. The minimum Gasteiger partial charge on any atom is -0.364 e. The maximum atomic E-state index is 11.7. The second-order valence-electron chi connectivity index (χ2n) is 5.71. The van der Waals surface area contributed by atoms with Gasteiger partial charge in [0.2, 0.25) is 5.91 Å². The third-order valence-corrected chi connectivity index (χ3v) is 4.89. The molecular weight excluding hydrogens is 308 g/mol. The van der Waals surface area contributed by atoms with Gasteiger partial charge in [0.25, 0.3) is 0 Å². The quantitative estimate of drug-likeness (QED) is 0.804. The van der Waals surface area contributed by atoms with Crippen LogP contribution in [0.25, 0.3) is 21.6 Å². The molecule has 0 aliphatic carbocycles. The summed E-state index contributed by atoms with van der Waals surface area (Å²) in [6.07, 6.45) is 0.503. The van der Waals surface area contributed by atoms with Crippen molar-refractivity contribution in [1.29, 1.82) is 0 Å². The van der Waals surface area contributed by atoms with Gasteiger partial charge in [-0.25, -0.2) is 9.97 Å². The Morgan fingerprint density at radius 3 is 2.83 bits per heavy atom. The van der Waals surface area contributed by atoms with E-state index >= 15 is 0 Å². The van der Waals surface area contributed by atoms with Gasteiger partial charge in [-0.3, -0.25) is 4.79 Å². The summed E-state index contributed by atoms with van der Waals surface area (Å²) in [6.45, 7) is 0.700. The van der Waals surface area contributed by atoms with Crippen LogP contribution in [0.1, 0.15) is 6.42 Å². The topological polar surface area (TPSA) is 58.1 Å². The molecule has 1 fully saturated rings. The van der Waals surface area contributed by atoms with Gasteiger partial charge in [-0.05, 0) is 23.6 Å².